The standard InChI is InChI=1S/C16H26O4S/c1-2-3-4-5-6-7-8-9-13-20-15-11-10-12-16(14-15)21(17,18)19/h10-12,14H,2-9,13H2,1H3,(H,17,18,19). The van der Waals surface area contributed by atoms with Crippen molar-refractivity contribution in [1.29, 1.82) is 0 Å². The van der Waals surface area contributed by atoms with E-state index in [0.717, 1.165) is 12.8 Å². The fourth-order valence-corrected chi connectivity index (χ4v) is 2.67. The maximum Gasteiger partial charge on any atom is 0.294 e. The quantitative estimate of drug-likeness (QED) is 0.484. The van der Waals surface area contributed by atoms with Crippen LogP contribution in [-0.2, 0) is 10.1 Å². The molecule has 1 rings (SSSR count). The molecular formula is C16H26O4S. The van der Waals surface area contributed by atoms with E-state index < -0.39 is 10.1 Å². The van der Waals surface area contributed by atoms with E-state index in [2.05, 4.69) is 6.92 Å². The fourth-order valence-electron chi connectivity index (χ4n) is 2.15. The highest BCUT2D eigenvalue weighted by Gasteiger charge is 2.09. The molecule has 0 unspecified atom stereocenters. The normalized spacial score (nSPS) is 11.5. The van der Waals surface area contributed by atoms with Gasteiger partial charge in [-0.1, -0.05) is 57.9 Å². The number of rotatable bonds is 11. The molecule has 0 saturated heterocycles. The van der Waals surface area contributed by atoms with Crippen LogP contribution in [0.1, 0.15) is 58.3 Å². The molecule has 0 aliphatic carbocycles. The molecule has 21 heavy (non-hydrogen) atoms. The summed E-state index contributed by atoms with van der Waals surface area (Å²) in [5, 5.41) is 0. The first-order valence-electron chi connectivity index (χ1n) is 7.74. The third-order valence-corrected chi connectivity index (χ3v) is 4.22. The molecule has 0 bridgehead atoms. The van der Waals surface area contributed by atoms with Crippen LogP contribution in [0, 0.1) is 0 Å². The molecule has 0 spiro atoms. The van der Waals surface area contributed by atoms with Gasteiger partial charge in [0.2, 0.25) is 0 Å². The highest BCUT2D eigenvalue weighted by molar-refractivity contribution is 7.85. The molecule has 0 aliphatic rings. The van der Waals surface area contributed by atoms with Crippen molar-refractivity contribution in [2.45, 2.75) is 63.2 Å². The Morgan fingerprint density at radius 1 is 1.00 bits per heavy atom. The zero-order chi connectivity index (χ0) is 15.6. The minimum Gasteiger partial charge on any atom is -0.494 e. The summed E-state index contributed by atoms with van der Waals surface area (Å²) in [4.78, 5) is -0.129. The van der Waals surface area contributed by atoms with Crippen molar-refractivity contribution >= 4 is 10.1 Å². The second kappa shape index (κ2) is 9.79. The Morgan fingerprint density at radius 3 is 2.24 bits per heavy atom. The summed E-state index contributed by atoms with van der Waals surface area (Å²) in [6, 6.07) is 5.95. The fraction of sp³-hybridized carbons (Fsp3) is 0.625. The van der Waals surface area contributed by atoms with Crippen LogP contribution in [0.25, 0.3) is 0 Å². The molecule has 0 amide bonds. The van der Waals surface area contributed by atoms with Crippen LogP contribution in [0.4, 0.5) is 0 Å². The monoisotopic (exact) mass is 314 g/mol. The molecule has 120 valence electrons. The molecule has 0 heterocycles. The van der Waals surface area contributed by atoms with Crippen molar-refractivity contribution in [2.75, 3.05) is 6.61 Å². The lowest BCUT2D eigenvalue weighted by Gasteiger charge is -2.07. The van der Waals surface area contributed by atoms with Crippen molar-refractivity contribution in [2.24, 2.45) is 0 Å². The molecule has 0 radical (unpaired) electrons. The van der Waals surface area contributed by atoms with Crippen LogP contribution >= 0.6 is 0 Å². The number of ether oxygens (including phenoxy) is 1. The van der Waals surface area contributed by atoms with Gasteiger partial charge in [0.1, 0.15) is 5.75 Å². The van der Waals surface area contributed by atoms with Gasteiger partial charge in [0.15, 0.2) is 0 Å². The van der Waals surface area contributed by atoms with Crippen LogP contribution in [0.3, 0.4) is 0 Å². The van der Waals surface area contributed by atoms with Crippen LogP contribution in [0.15, 0.2) is 29.2 Å². The Balaban J connectivity index is 2.16. The van der Waals surface area contributed by atoms with Crippen LogP contribution in [-0.4, -0.2) is 19.6 Å². The van der Waals surface area contributed by atoms with E-state index >= 15 is 0 Å². The molecule has 0 aromatic heterocycles. The van der Waals surface area contributed by atoms with Crippen molar-refractivity contribution in [3.63, 3.8) is 0 Å². The van der Waals surface area contributed by atoms with Gasteiger partial charge >= 0.3 is 0 Å². The van der Waals surface area contributed by atoms with Gasteiger partial charge in [-0.05, 0) is 18.6 Å². The lowest BCUT2D eigenvalue weighted by atomic mass is 10.1. The Kier molecular flexibility index (Phi) is 8.38. The third-order valence-electron chi connectivity index (χ3n) is 3.37. The Bertz CT molecular complexity index is 497. The van der Waals surface area contributed by atoms with Crippen molar-refractivity contribution in [3.8, 4) is 5.75 Å². The average molecular weight is 314 g/mol. The number of hydrogen-bond acceptors (Lipinski definition) is 3. The summed E-state index contributed by atoms with van der Waals surface area (Å²) >= 11 is 0. The van der Waals surface area contributed by atoms with Crippen LogP contribution in [0.5, 0.6) is 5.75 Å². The lowest BCUT2D eigenvalue weighted by Crippen LogP contribution is -2.01. The molecule has 1 aromatic carbocycles. The van der Waals surface area contributed by atoms with E-state index in [1.54, 1.807) is 12.1 Å². The predicted molar refractivity (Wildman–Crippen MR) is 84.4 cm³/mol. The third kappa shape index (κ3) is 8.07. The molecule has 0 fully saturated rings. The van der Waals surface area contributed by atoms with Gasteiger partial charge in [-0.25, -0.2) is 0 Å². The summed E-state index contributed by atoms with van der Waals surface area (Å²) in [7, 11) is -4.16. The minimum atomic E-state index is -4.16. The highest BCUT2D eigenvalue weighted by atomic mass is 32.2. The van der Waals surface area contributed by atoms with E-state index in [0.29, 0.717) is 12.4 Å². The lowest BCUT2D eigenvalue weighted by molar-refractivity contribution is 0.303. The van der Waals surface area contributed by atoms with Crippen LogP contribution in [0.2, 0.25) is 0 Å². The molecular weight excluding hydrogens is 288 g/mol. The maximum absolute atomic E-state index is 11.0. The maximum atomic E-state index is 11.0. The second-order valence-corrected chi connectivity index (χ2v) is 6.69. The molecule has 0 atom stereocenters. The van der Waals surface area contributed by atoms with Crippen molar-refractivity contribution in [3.05, 3.63) is 24.3 Å². The van der Waals surface area contributed by atoms with Gasteiger partial charge in [-0.2, -0.15) is 8.42 Å². The predicted octanol–water partition coefficient (Wildman–Crippen LogP) is 4.45. The van der Waals surface area contributed by atoms with E-state index in [1.165, 1.54) is 50.7 Å². The summed E-state index contributed by atoms with van der Waals surface area (Å²) in [5.41, 5.74) is 0. The molecule has 0 aliphatic heterocycles. The number of benzene rings is 1. The zero-order valence-corrected chi connectivity index (χ0v) is 13.6. The van der Waals surface area contributed by atoms with Gasteiger partial charge in [-0.15, -0.1) is 0 Å². The number of hydrogen-bond donors (Lipinski definition) is 1. The number of unbranched alkanes of at least 4 members (excludes halogenated alkanes) is 7. The first kappa shape index (κ1) is 18.0. The van der Waals surface area contributed by atoms with Gasteiger partial charge in [0.25, 0.3) is 10.1 Å². The van der Waals surface area contributed by atoms with Crippen molar-refractivity contribution < 1.29 is 17.7 Å². The van der Waals surface area contributed by atoms with Gasteiger partial charge in [0, 0.05) is 6.07 Å². The van der Waals surface area contributed by atoms with E-state index in [1.807, 2.05) is 0 Å². The smallest absolute Gasteiger partial charge is 0.294 e. The Morgan fingerprint density at radius 2 is 1.62 bits per heavy atom. The Hall–Kier alpha value is -1.07. The molecule has 5 heteroatoms. The summed E-state index contributed by atoms with van der Waals surface area (Å²) in [6.45, 7) is 2.79. The molecule has 0 saturated carbocycles. The zero-order valence-electron chi connectivity index (χ0n) is 12.8. The van der Waals surface area contributed by atoms with Gasteiger partial charge in [0.05, 0.1) is 11.5 Å². The van der Waals surface area contributed by atoms with E-state index in [4.69, 9.17) is 9.29 Å². The average Bonchev–Trinajstić information content (AvgIpc) is 2.45. The first-order valence-corrected chi connectivity index (χ1v) is 9.18. The summed E-state index contributed by atoms with van der Waals surface area (Å²) in [5.74, 6) is 0.480. The van der Waals surface area contributed by atoms with Gasteiger partial charge in [-0.3, -0.25) is 4.55 Å². The summed E-state index contributed by atoms with van der Waals surface area (Å²) < 4.78 is 36.5. The molecule has 1 aromatic rings. The largest absolute Gasteiger partial charge is 0.494 e. The van der Waals surface area contributed by atoms with Crippen molar-refractivity contribution in [1.82, 2.24) is 0 Å². The SMILES string of the molecule is CCCCCCCCCCOc1cccc(S(=O)(=O)O)c1. The topological polar surface area (TPSA) is 63.6 Å². The van der Waals surface area contributed by atoms with E-state index in [9.17, 15) is 8.42 Å². The van der Waals surface area contributed by atoms with E-state index in [-0.39, 0.29) is 4.90 Å². The summed E-state index contributed by atoms with van der Waals surface area (Å²) in [6.07, 6.45) is 9.83. The van der Waals surface area contributed by atoms with Crippen LogP contribution < -0.4 is 4.74 Å². The second-order valence-electron chi connectivity index (χ2n) is 5.27. The van der Waals surface area contributed by atoms with Gasteiger partial charge < -0.3 is 4.74 Å². The Labute approximate surface area is 128 Å². The highest BCUT2D eigenvalue weighted by Crippen LogP contribution is 2.17. The molecule has 4 nitrogen and oxygen atoms in total. The minimum absolute atomic E-state index is 0.129. The first-order chi connectivity index (χ1) is 10.0. The molecule has 1 N–H and O–H groups in total.